The minimum Gasteiger partial charge on any atom is -0.368 e. The van der Waals surface area contributed by atoms with Crippen molar-refractivity contribution in [1.82, 2.24) is 20.3 Å². The third-order valence-corrected chi connectivity index (χ3v) is 11.7. The molecule has 3 aliphatic carbocycles. The first kappa shape index (κ1) is 34.4. The lowest BCUT2D eigenvalue weighted by Gasteiger charge is -2.38. The average molecular weight is 637 g/mol. The lowest BCUT2D eigenvalue weighted by Crippen LogP contribution is -2.60. The van der Waals surface area contributed by atoms with E-state index in [2.05, 4.69) is 42.7 Å². The number of nitrogens with zero attached hydrogens (tertiary/aromatic N) is 1. The molecule has 0 aromatic rings. The average Bonchev–Trinajstić information content (AvgIpc) is 3.85. The zero-order valence-electron chi connectivity index (χ0n) is 27.2. The summed E-state index contributed by atoms with van der Waals surface area (Å²) in [6.07, 6.45) is 6.85. The number of amides is 4. The number of hydrogen-bond acceptors (Lipinski definition) is 7. The Hall–Kier alpha value is -2.47. The molecule has 0 aromatic carbocycles. The molecule has 4 fully saturated rings. The van der Waals surface area contributed by atoms with E-state index >= 15 is 0 Å². The fourth-order valence-electron chi connectivity index (χ4n) is 6.83. The van der Waals surface area contributed by atoms with Crippen LogP contribution in [-0.4, -0.2) is 79.1 Å². The maximum atomic E-state index is 14.0. The van der Waals surface area contributed by atoms with Gasteiger partial charge < -0.3 is 20.3 Å². The second kappa shape index (κ2) is 13.1. The van der Waals surface area contributed by atoms with Crippen LogP contribution in [0, 0.1) is 29.1 Å². The highest BCUT2D eigenvalue weighted by atomic mass is 32.2. The van der Waals surface area contributed by atoms with E-state index in [-0.39, 0.29) is 30.9 Å². The number of rotatable bonds is 12. The number of nitrogens with one attached hydrogen (secondary N) is 3. The molecule has 1 heterocycles. The predicted molar refractivity (Wildman–Crippen MR) is 166 cm³/mol. The first-order valence-corrected chi connectivity index (χ1v) is 17.8. The van der Waals surface area contributed by atoms with Gasteiger partial charge in [-0.2, -0.15) is 0 Å². The van der Waals surface area contributed by atoms with Crippen LogP contribution in [0.3, 0.4) is 0 Å². The highest BCUT2D eigenvalue weighted by Crippen LogP contribution is 2.45. The first-order chi connectivity index (χ1) is 20.5. The maximum absolute atomic E-state index is 14.0. The normalized spacial score (nSPS) is 31.2. The van der Waals surface area contributed by atoms with Crippen LogP contribution in [0.1, 0.15) is 92.9 Å². The smallest absolute Gasteiger partial charge is 0.259 e. The molecule has 0 bridgehead atoms. The summed E-state index contributed by atoms with van der Waals surface area (Å²) in [6.45, 7) is 16.1. The van der Waals surface area contributed by atoms with Crippen molar-refractivity contribution in [3.05, 3.63) is 12.7 Å². The first-order valence-electron chi connectivity index (χ1n) is 16.2. The van der Waals surface area contributed by atoms with Crippen molar-refractivity contribution >= 4 is 33.7 Å². The van der Waals surface area contributed by atoms with Crippen LogP contribution in [0.15, 0.2) is 12.7 Å². The molecule has 4 amide bonds. The minimum atomic E-state index is -3.80. The highest BCUT2D eigenvalue weighted by molar-refractivity contribution is 7.91. The SMILES string of the molecule is C=C[C@@H]1C[C@]1(NC(=O)[C@@H]1CCCN1C(=O)[C@@H](NC(=O)CO[C@H]1C[C@@H](C)CC[C@@H]1C(C)C)C(C)(C)C)C(=O)NS(=O)(=O)C1CC1. The van der Waals surface area contributed by atoms with Crippen LogP contribution in [0.5, 0.6) is 0 Å². The number of carbonyl (C=O) groups is 4. The van der Waals surface area contributed by atoms with E-state index in [1.165, 1.54) is 11.0 Å². The number of ether oxygens (including phenoxy) is 1. The van der Waals surface area contributed by atoms with Gasteiger partial charge in [0.25, 0.3) is 5.91 Å². The zero-order valence-corrected chi connectivity index (χ0v) is 28.0. The monoisotopic (exact) mass is 636 g/mol. The number of sulfonamides is 1. The number of carbonyl (C=O) groups excluding carboxylic acids is 4. The van der Waals surface area contributed by atoms with Gasteiger partial charge in [0, 0.05) is 12.5 Å². The van der Waals surface area contributed by atoms with Crippen LogP contribution in [0.25, 0.3) is 0 Å². The van der Waals surface area contributed by atoms with Gasteiger partial charge in [-0.3, -0.25) is 23.9 Å². The fourth-order valence-corrected chi connectivity index (χ4v) is 8.19. The van der Waals surface area contributed by atoms with Crippen molar-refractivity contribution in [2.75, 3.05) is 13.2 Å². The van der Waals surface area contributed by atoms with Gasteiger partial charge in [0.05, 0.1) is 11.4 Å². The largest absolute Gasteiger partial charge is 0.368 e. The molecule has 0 radical (unpaired) electrons. The molecule has 3 saturated carbocycles. The standard InChI is InChI=1S/C32H52N4O7S/c1-8-21-17-32(21,30(40)35-44(41,42)22-12-13-22)34-28(38)24-10-9-15-36(24)29(39)27(31(5,6)7)33-26(37)18-43-25-16-20(4)11-14-23(25)19(2)3/h8,19-25,27H,1,9-18H2,2-7H3,(H,33,37)(H,34,38)(H,35,40)/t20-,21+,23+,24-,25-,27+,32+/m0/s1. The third kappa shape index (κ3) is 7.66. The molecular formula is C32H52N4O7S. The molecule has 1 aliphatic heterocycles. The van der Waals surface area contributed by atoms with Gasteiger partial charge in [-0.1, -0.05) is 54.0 Å². The molecule has 3 N–H and O–H groups in total. The van der Waals surface area contributed by atoms with Crippen LogP contribution in [-0.2, 0) is 33.9 Å². The summed E-state index contributed by atoms with van der Waals surface area (Å²) < 4.78 is 33.2. The molecule has 0 unspecified atom stereocenters. The van der Waals surface area contributed by atoms with E-state index in [0.29, 0.717) is 50.0 Å². The molecule has 12 heteroatoms. The Morgan fingerprint density at radius 2 is 1.77 bits per heavy atom. The van der Waals surface area contributed by atoms with Gasteiger partial charge in [-0.25, -0.2) is 8.42 Å². The quantitative estimate of drug-likeness (QED) is 0.279. The molecule has 4 aliphatic rings. The van der Waals surface area contributed by atoms with Gasteiger partial charge in [-0.15, -0.1) is 6.58 Å². The van der Waals surface area contributed by atoms with E-state index in [9.17, 15) is 27.6 Å². The second-order valence-electron chi connectivity index (χ2n) is 14.9. The molecule has 0 aromatic heterocycles. The van der Waals surface area contributed by atoms with E-state index in [0.717, 1.165) is 19.3 Å². The van der Waals surface area contributed by atoms with Crippen molar-refractivity contribution in [3.63, 3.8) is 0 Å². The Morgan fingerprint density at radius 1 is 1.09 bits per heavy atom. The molecule has 1 saturated heterocycles. The molecule has 44 heavy (non-hydrogen) atoms. The summed E-state index contributed by atoms with van der Waals surface area (Å²) in [5.74, 6) is -1.10. The lowest BCUT2D eigenvalue weighted by atomic mass is 9.75. The van der Waals surface area contributed by atoms with Crippen LogP contribution < -0.4 is 15.4 Å². The third-order valence-electron chi connectivity index (χ3n) is 9.90. The summed E-state index contributed by atoms with van der Waals surface area (Å²) in [4.78, 5) is 55.3. The number of likely N-dealkylation sites (tertiary alicyclic amines) is 1. The van der Waals surface area contributed by atoms with Crippen LogP contribution >= 0.6 is 0 Å². The minimum absolute atomic E-state index is 0.00875. The van der Waals surface area contributed by atoms with Crippen molar-refractivity contribution in [1.29, 1.82) is 0 Å². The molecular weight excluding hydrogens is 584 g/mol. The van der Waals surface area contributed by atoms with E-state index < -0.39 is 56.0 Å². The van der Waals surface area contributed by atoms with E-state index in [4.69, 9.17) is 4.74 Å². The molecule has 248 valence electrons. The second-order valence-corrected chi connectivity index (χ2v) is 16.9. The van der Waals surface area contributed by atoms with E-state index in [1.807, 2.05) is 20.8 Å². The van der Waals surface area contributed by atoms with Crippen LogP contribution in [0.2, 0.25) is 0 Å². The Bertz CT molecular complexity index is 1240. The van der Waals surface area contributed by atoms with Crippen molar-refractivity contribution in [2.45, 2.75) is 122 Å². The zero-order chi connectivity index (χ0) is 32.6. The summed E-state index contributed by atoms with van der Waals surface area (Å²) in [5.41, 5.74) is -2.07. The molecule has 0 spiro atoms. The Kier molecular flexibility index (Phi) is 10.2. The molecule has 11 nitrogen and oxygen atoms in total. The van der Waals surface area contributed by atoms with Gasteiger partial charge >= 0.3 is 0 Å². The Labute approximate surface area is 262 Å². The topological polar surface area (TPSA) is 151 Å². The van der Waals surface area contributed by atoms with Crippen molar-refractivity contribution in [2.24, 2.45) is 29.1 Å². The maximum Gasteiger partial charge on any atom is 0.259 e. The van der Waals surface area contributed by atoms with Crippen molar-refractivity contribution in [3.8, 4) is 0 Å². The molecule has 7 atom stereocenters. The summed E-state index contributed by atoms with van der Waals surface area (Å²) >= 11 is 0. The highest BCUT2D eigenvalue weighted by Gasteiger charge is 2.61. The molecule has 4 rings (SSSR count). The van der Waals surface area contributed by atoms with Gasteiger partial charge in [0.2, 0.25) is 27.7 Å². The van der Waals surface area contributed by atoms with Crippen LogP contribution in [0.4, 0.5) is 0 Å². The summed E-state index contributed by atoms with van der Waals surface area (Å²) in [5, 5.41) is 5.09. The predicted octanol–water partition coefficient (Wildman–Crippen LogP) is 2.66. The fraction of sp³-hybridized carbons (Fsp3) is 0.812. The Morgan fingerprint density at radius 3 is 2.34 bits per heavy atom. The van der Waals surface area contributed by atoms with Gasteiger partial charge in [-0.05, 0) is 68.1 Å². The Balaban J connectivity index is 1.41. The lowest BCUT2D eigenvalue weighted by molar-refractivity contribution is -0.146. The van der Waals surface area contributed by atoms with Crippen molar-refractivity contribution < 1.29 is 32.3 Å². The van der Waals surface area contributed by atoms with Gasteiger partial charge in [0.15, 0.2) is 0 Å². The number of hydrogen-bond donors (Lipinski definition) is 3. The van der Waals surface area contributed by atoms with E-state index in [1.54, 1.807) is 0 Å². The summed E-state index contributed by atoms with van der Waals surface area (Å²) in [6, 6.07) is -1.76. The van der Waals surface area contributed by atoms with Gasteiger partial charge in [0.1, 0.15) is 24.2 Å². The summed E-state index contributed by atoms with van der Waals surface area (Å²) in [7, 11) is -3.80.